The molecule has 0 atom stereocenters. The Bertz CT molecular complexity index is 995. The van der Waals surface area contributed by atoms with Gasteiger partial charge in [0.05, 0.1) is 24.8 Å². The summed E-state index contributed by atoms with van der Waals surface area (Å²) in [5, 5.41) is 5.98. The van der Waals surface area contributed by atoms with Crippen molar-refractivity contribution in [1.82, 2.24) is 19.6 Å². The van der Waals surface area contributed by atoms with E-state index >= 15 is 0 Å². The van der Waals surface area contributed by atoms with E-state index in [-0.39, 0.29) is 23.3 Å². The quantitative estimate of drug-likeness (QED) is 0.627. The van der Waals surface area contributed by atoms with E-state index in [9.17, 15) is 9.59 Å². The molecular formula is C16H16BrN5O3. The molecule has 3 rings (SSSR count). The standard InChI is InChI=1S/C16H16BrN5O3/c1-9-12(7-13(23)25-2)14(24)22-16(19-9)20-15(21-22)18-8-10-4-3-5-11(17)6-10/h3-6H,7-8H2,1-2H3,(H2,18,19,20,21). The average molecular weight is 406 g/mol. The van der Waals surface area contributed by atoms with Gasteiger partial charge < -0.3 is 10.1 Å². The lowest BCUT2D eigenvalue weighted by atomic mass is 10.2. The molecule has 25 heavy (non-hydrogen) atoms. The number of benzene rings is 1. The van der Waals surface area contributed by atoms with Crippen LogP contribution in [0.1, 0.15) is 16.8 Å². The molecule has 2 heterocycles. The highest BCUT2D eigenvalue weighted by Crippen LogP contribution is 2.13. The van der Waals surface area contributed by atoms with Crippen molar-refractivity contribution in [3.8, 4) is 0 Å². The van der Waals surface area contributed by atoms with Crippen molar-refractivity contribution in [2.24, 2.45) is 0 Å². The van der Waals surface area contributed by atoms with E-state index in [1.165, 1.54) is 11.6 Å². The molecule has 2 N–H and O–H groups in total. The van der Waals surface area contributed by atoms with Crippen molar-refractivity contribution in [1.29, 1.82) is 0 Å². The second kappa shape index (κ2) is 7.06. The van der Waals surface area contributed by atoms with Gasteiger partial charge in [-0.2, -0.15) is 9.50 Å². The van der Waals surface area contributed by atoms with Crippen LogP contribution in [0.25, 0.3) is 5.78 Å². The monoisotopic (exact) mass is 405 g/mol. The van der Waals surface area contributed by atoms with Gasteiger partial charge in [-0.25, -0.2) is 4.98 Å². The zero-order valence-electron chi connectivity index (χ0n) is 13.7. The third-order valence-electron chi connectivity index (χ3n) is 3.69. The molecule has 3 aromatic rings. The van der Waals surface area contributed by atoms with Gasteiger partial charge in [-0.1, -0.05) is 28.1 Å². The predicted molar refractivity (Wildman–Crippen MR) is 95.5 cm³/mol. The number of methoxy groups -OCH3 is 1. The maximum absolute atomic E-state index is 12.5. The fourth-order valence-electron chi connectivity index (χ4n) is 2.39. The van der Waals surface area contributed by atoms with Gasteiger partial charge in [0.2, 0.25) is 5.95 Å². The molecule has 0 bridgehead atoms. The minimum Gasteiger partial charge on any atom is -0.469 e. The number of rotatable bonds is 5. The smallest absolute Gasteiger partial charge is 0.310 e. The van der Waals surface area contributed by atoms with Gasteiger partial charge in [0.25, 0.3) is 11.3 Å². The molecule has 0 amide bonds. The maximum atomic E-state index is 12.5. The number of fused-ring (bicyclic) bond motifs is 1. The van der Waals surface area contributed by atoms with Crippen molar-refractivity contribution < 1.29 is 9.53 Å². The van der Waals surface area contributed by atoms with E-state index in [1.807, 2.05) is 24.3 Å². The van der Waals surface area contributed by atoms with Crippen LogP contribution in [-0.4, -0.2) is 32.7 Å². The third-order valence-corrected chi connectivity index (χ3v) is 4.19. The number of nitrogens with one attached hydrogen (secondary N) is 2. The number of H-pyrrole nitrogens is 1. The van der Waals surface area contributed by atoms with Crippen LogP contribution < -0.4 is 10.9 Å². The van der Waals surface area contributed by atoms with Gasteiger partial charge in [0, 0.05) is 11.0 Å². The summed E-state index contributed by atoms with van der Waals surface area (Å²) in [5.74, 6) is 0.168. The summed E-state index contributed by atoms with van der Waals surface area (Å²) < 4.78 is 6.82. The number of anilines is 1. The molecule has 0 saturated carbocycles. The number of halogens is 1. The molecule has 0 aliphatic carbocycles. The number of aryl methyl sites for hydroxylation is 1. The number of nitrogens with zero attached hydrogens (tertiary/aromatic N) is 3. The lowest BCUT2D eigenvalue weighted by Crippen LogP contribution is -2.24. The Balaban J connectivity index is 1.88. The number of ether oxygens (including phenoxy) is 1. The Morgan fingerprint density at radius 2 is 2.20 bits per heavy atom. The fourth-order valence-corrected chi connectivity index (χ4v) is 2.83. The van der Waals surface area contributed by atoms with Crippen molar-refractivity contribution in [2.75, 3.05) is 12.4 Å². The van der Waals surface area contributed by atoms with E-state index in [4.69, 9.17) is 0 Å². The van der Waals surface area contributed by atoms with E-state index in [0.29, 0.717) is 18.2 Å². The maximum Gasteiger partial charge on any atom is 0.310 e. The Labute approximate surface area is 151 Å². The topological polar surface area (TPSA) is 101 Å². The lowest BCUT2D eigenvalue weighted by Gasteiger charge is -2.03. The van der Waals surface area contributed by atoms with Crippen LogP contribution in [0.2, 0.25) is 0 Å². The van der Waals surface area contributed by atoms with E-state index < -0.39 is 5.97 Å². The first-order valence-electron chi connectivity index (χ1n) is 7.51. The third kappa shape index (κ3) is 3.71. The van der Waals surface area contributed by atoms with Crippen LogP contribution in [0, 0.1) is 6.92 Å². The Morgan fingerprint density at radius 1 is 1.40 bits per heavy atom. The zero-order chi connectivity index (χ0) is 18.0. The van der Waals surface area contributed by atoms with Gasteiger partial charge >= 0.3 is 5.97 Å². The van der Waals surface area contributed by atoms with Crippen LogP contribution >= 0.6 is 15.9 Å². The highest BCUT2D eigenvalue weighted by atomic mass is 79.9. The SMILES string of the molecule is COC(=O)Cc1c(C)nc2nc(NCc3cccc(Br)c3)[nH]n2c1=O. The molecule has 0 spiro atoms. The van der Waals surface area contributed by atoms with Crippen molar-refractivity contribution in [2.45, 2.75) is 19.9 Å². The molecule has 0 saturated heterocycles. The molecule has 0 aliphatic heterocycles. The highest BCUT2D eigenvalue weighted by Gasteiger charge is 2.16. The summed E-state index contributed by atoms with van der Waals surface area (Å²) in [5.41, 5.74) is 1.43. The molecule has 2 aromatic heterocycles. The van der Waals surface area contributed by atoms with Crippen LogP contribution in [-0.2, 0) is 22.5 Å². The first-order chi connectivity index (χ1) is 12.0. The Morgan fingerprint density at radius 3 is 2.92 bits per heavy atom. The Kier molecular flexibility index (Phi) is 4.84. The van der Waals surface area contributed by atoms with E-state index in [1.54, 1.807) is 6.92 Å². The molecule has 130 valence electrons. The van der Waals surface area contributed by atoms with E-state index in [0.717, 1.165) is 10.0 Å². The first kappa shape index (κ1) is 17.2. The summed E-state index contributed by atoms with van der Waals surface area (Å²) >= 11 is 3.42. The summed E-state index contributed by atoms with van der Waals surface area (Å²) in [7, 11) is 1.28. The second-order valence-corrected chi connectivity index (χ2v) is 6.34. The number of esters is 1. The van der Waals surface area contributed by atoms with Crippen molar-refractivity contribution in [3.63, 3.8) is 0 Å². The van der Waals surface area contributed by atoms with Crippen LogP contribution in [0.15, 0.2) is 33.5 Å². The number of aromatic nitrogens is 4. The minimum absolute atomic E-state index is 0.128. The minimum atomic E-state index is -0.491. The van der Waals surface area contributed by atoms with Gasteiger partial charge in [0.1, 0.15) is 0 Å². The van der Waals surface area contributed by atoms with Crippen molar-refractivity contribution >= 4 is 33.6 Å². The lowest BCUT2D eigenvalue weighted by molar-refractivity contribution is -0.139. The van der Waals surface area contributed by atoms with Gasteiger partial charge in [-0.15, -0.1) is 0 Å². The van der Waals surface area contributed by atoms with Crippen molar-refractivity contribution in [3.05, 3.63) is 55.9 Å². The summed E-state index contributed by atoms with van der Waals surface area (Å²) in [4.78, 5) is 32.6. The summed E-state index contributed by atoms with van der Waals surface area (Å²) in [6.45, 7) is 2.20. The largest absolute Gasteiger partial charge is 0.469 e. The molecule has 1 aromatic carbocycles. The molecule has 0 fully saturated rings. The average Bonchev–Trinajstić information content (AvgIpc) is 2.99. The normalized spacial score (nSPS) is 10.8. The number of aromatic amines is 1. The number of hydrogen-bond donors (Lipinski definition) is 2. The molecule has 9 heteroatoms. The summed E-state index contributed by atoms with van der Waals surface area (Å²) in [6.07, 6.45) is -0.128. The molecule has 0 aliphatic rings. The molecular weight excluding hydrogens is 390 g/mol. The molecule has 0 radical (unpaired) electrons. The second-order valence-electron chi connectivity index (χ2n) is 5.42. The highest BCUT2D eigenvalue weighted by molar-refractivity contribution is 9.10. The van der Waals surface area contributed by atoms with Gasteiger partial charge in [-0.05, 0) is 24.6 Å². The predicted octanol–water partition coefficient (Wildman–Crippen LogP) is 1.82. The fraction of sp³-hybridized carbons (Fsp3) is 0.250. The molecule has 8 nitrogen and oxygen atoms in total. The molecule has 0 unspecified atom stereocenters. The van der Waals surface area contributed by atoms with Crippen LogP contribution in [0.5, 0.6) is 0 Å². The van der Waals surface area contributed by atoms with Crippen LogP contribution in [0.3, 0.4) is 0 Å². The number of carbonyl (C=O) groups is 1. The number of hydrogen-bond acceptors (Lipinski definition) is 6. The van der Waals surface area contributed by atoms with E-state index in [2.05, 4.69) is 41.1 Å². The van der Waals surface area contributed by atoms with Gasteiger partial charge in [-0.3, -0.25) is 14.7 Å². The number of carbonyl (C=O) groups excluding carboxylic acids is 1. The van der Waals surface area contributed by atoms with Crippen LogP contribution in [0.4, 0.5) is 5.95 Å². The first-order valence-corrected chi connectivity index (χ1v) is 8.30. The zero-order valence-corrected chi connectivity index (χ0v) is 15.3. The van der Waals surface area contributed by atoms with Gasteiger partial charge in [0.15, 0.2) is 0 Å². The summed E-state index contributed by atoms with van der Waals surface area (Å²) in [6, 6.07) is 7.84. The Hall–Kier alpha value is -2.68.